The standard InChI is InChI=1S/C24H26N2O2/c1-15(2)21-11-17(12-22(16(3)4)23(21)27)14-25-26-24(28)20-10-9-18-7-5-6-8-19(18)13-20/h5-16,27H,1-4H3,(H,26,28)/b25-14-. The minimum absolute atomic E-state index is 0.193. The van der Waals surface area contributed by atoms with E-state index in [1.807, 2.05) is 76.2 Å². The van der Waals surface area contributed by atoms with Crippen LogP contribution in [0.3, 0.4) is 0 Å². The number of hydrogen-bond donors (Lipinski definition) is 2. The highest BCUT2D eigenvalue weighted by Gasteiger charge is 2.14. The highest BCUT2D eigenvalue weighted by Crippen LogP contribution is 2.34. The lowest BCUT2D eigenvalue weighted by Gasteiger charge is -2.16. The number of nitrogens with one attached hydrogen (secondary N) is 1. The first-order valence-electron chi connectivity index (χ1n) is 9.56. The molecular formula is C24H26N2O2. The molecule has 28 heavy (non-hydrogen) atoms. The largest absolute Gasteiger partial charge is 0.507 e. The van der Waals surface area contributed by atoms with Gasteiger partial charge in [-0.2, -0.15) is 5.10 Å². The van der Waals surface area contributed by atoms with E-state index in [-0.39, 0.29) is 17.7 Å². The Hall–Kier alpha value is -3.14. The smallest absolute Gasteiger partial charge is 0.271 e. The summed E-state index contributed by atoms with van der Waals surface area (Å²) in [4.78, 5) is 12.4. The molecule has 0 aliphatic carbocycles. The molecule has 0 aliphatic heterocycles. The average Bonchev–Trinajstić information content (AvgIpc) is 2.68. The number of fused-ring (bicyclic) bond motifs is 1. The lowest BCUT2D eigenvalue weighted by atomic mass is 9.92. The van der Waals surface area contributed by atoms with Gasteiger partial charge in [-0.25, -0.2) is 5.43 Å². The van der Waals surface area contributed by atoms with Crippen molar-refractivity contribution in [2.75, 3.05) is 0 Å². The van der Waals surface area contributed by atoms with Crippen LogP contribution < -0.4 is 5.43 Å². The van der Waals surface area contributed by atoms with E-state index >= 15 is 0 Å². The van der Waals surface area contributed by atoms with Crippen molar-refractivity contribution in [2.24, 2.45) is 5.10 Å². The van der Waals surface area contributed by atoms with E-state index in [0.717, 1.165) is 27.5 Å². The Bertz CT molecular complexity index is 1010. The van der Waals surface area contributed by atoms with Crippen LogP contribution in [0.25, 0.3) is 10.8 Å². The third-order valence-corrected chi connectivity index (χ3v) is 4.83. The average molecular weight is 374 g/mol. The van der Waals surface area contributed by atoms with Gasteiger partial charge >= 0.3 is 0 Å². The summed E-state index contributed by atoms with van der Waals surface area (Å²) in [6.07, 6.45) is 1.62. The fourth-order valence-electron chi connectivity index (χ4n) is 3.22. The molecule has 0 fully saturated rings. The summed E-state index contributed by atoms with van der Waals surface area (Å²) in [7, 11) is 0. The zero-order valence-corrected chi connectivity index (χ0v) is 16.7. The van der Waals surface area contributed by atoms with Crippen molar-refractivity contribution in [1.29, 1.82) is 0 Å². The van der Waals surface area contributed by atoms with Gasteiger partial charge in [-0.05, 0) is 63.6 Å². The van der Waals surface area contributed by atoms with Gasteiger partial charge in [0.05, 0.1) is 6.21 Å². The zero-order chi connectivity index (χ0) is 20.3. The van der Waals surface area contributed by atoms with Gasteiger partial charge in [0.2, 0.25) is 0 Å². The lowest BCUT2D eigenvalue weighted by molar-refractivity contribution is 0.0955. The molecule has 0 heterocycles. The molecule has 3 rings (SSSR count). The molecule has 0 saturated heterocycles. The maximum absolute atomic E-state index is 12.4. The van der Waals surface area contributed by atoms with Crippen LogP contribution in [0.1, 0.15) is 66.6 Å². The van der Waals surface area contributed by atoms with Crippen molar-refractivity contribution in [2.45, 2.75) is 39.5 Å². The summed E-state index contributed by atoms with van der Waals surface area (Å²) >= 11 is 0. The SMILES string of the molecule is CC(C)c1cc(/C=N\NC(=O)c2ccc3ccccc3c2)cc(C(C)C)c1O. The van der Waals surface area contributed by atoms with Crippen molar-refractivity contribution < 1.29 is 9.90 Å². The van der Waals surface area contributed by atoms with Gasteiger partial charge in [0.25, 0.3) is 5.91 Å². The maximum Gasteiger partial charge on any atom is 0.271 e. The molecule has 0 atom stereocenters. The first-order valence-corrected chi connectivity index (χ1v) is 9.56. The number of benzene rings is 3. The number of phenolic OH excluding ortho intramolecular Hbond substituents is 1. The molecule has 0 aliphatic rings. The van der Waals surface area contributed by atoms with Gasteiger partial charge < -0.3 is 5.11 Å². The molecule has 4 nitrogen and oxygen atoms in total. The minimum atomic E-state index is -0.256. The molecule has 0 radical (unpaired) electrons. The second-order valence-electron chi connectivity index (χ2n) is 7.62. The molecule has 0 spiro atoms. The fraction of sp³-hybridized carbons (Fsp3) is 0.250. The summed E-state index contributed by atoms with van der Waals surface area (Å²) in [5, 5.41) is 16.7. The van der Waals surface area contributed by atoms with Crippen LogP contribution in [0, 0.1) is 0 Å². The molecule has 2 N–H and O–H groups in total. The zero-order valence-electron chi connectivity index (χ0n) is 16.7. The first kappa shape index (κ1) is 19.6. The Morgan fingerprint density at radius 1 is 0.929 bits per heavy atom. The third-order valence-electron chi connectivity index (χ3n) is 4.83. The van der Waals surface area contributed by atoms with Gasteiger partial charge in [-0.15, -0.1) is 0 Å². The van der Waals surface area contributed by atoms with Crippen LogP contribution in [0.4, 0.5) is 0 Å². The van der Waals surface area contributed by atoms with Crippen molar-refractivity contribution in [3.63, 3.8) is 0 Å². The minimum Gasteiger partial charge on any atom is -0.507 e. The number of carbonyl (C=O) groups excluding carboxylic acids is 1. The number of hydrazone groups is 1. The highest BCUT2D eigenvalue weighted by atomic mass is 16.3. The molecular weight excluding hydrogens is 348 g/mol. The number of carbonyl (C=O) groups is 1. The Morgan fingerprint density at radius 3 is 2.14 bits per heavy atom. The predicted octanol–water partition coefficient (Wildman–Crippen LogP) is 5.56. The summed E-state index contributed by atoms with van der Waals surface area (Å²) in [5.74, 6) is 0.479. The van der Waals surface area contributed by atoms with Gasteiger partial charge in [0, 0.05) is 5.56 Å². The first-order chi connectivity index (χ1) is 13.4. The Labute approximate surface area is 165 Å². The van der Waals surface area contributed by atoms with Crippen molar-refractivity contribution in [3.8, 4) is 5.75 Å². The number of phenols is 1. The van der Waals surface area contributed by atoms with Crippen LogP contribution in [-0.4, -0.2) is 17.2 Å². The summed E-state index contributed by atoms with van der Waals surface area (Å²) in [6.45, 7) is 8.17. The molecule has 1 amide bonds. The van der Waals surface area contributed by atoms with E-state index in [2.05, 4.69) is 10.5 Å². The third kappa shape index (κ3) is 4.22. The normalized spacial score (nSPS) is 11.6. The molecule has 144 valence electrons. The van der Waals surface area contributed by atoms with E-state index in [1.54, 1.807) is 12.3 Å². The molecule has 4 heteroatoms. The van der Waals surface area contributed by atoms with Gasteiger partial charge in [-0.3, -0.25) is 4.79 Å². The van der Waals surface area contributed by atoms with E-state index in [1.165, 1.54) is 0 Å². The number of hydrogen-bond acceptors (Lipinski definition) is 3. The lowest BCUT2D eigenvalue weighted by Crippen LogP contribution is -2.17. The van der Waals surface area contributed by atoms with Crippen molar-refractivity contribution >= 4 is 22.9 Å². The number of nitrogens with zero attached hydrogens (tertiary/aromatic N) is 1. The highest BCUT2D eigenvalue weighted by molar-refractivity contribution is 5.99. The van der Waals surface area contributed by atoms with Crippen molar-refractivity contribution in [1.82, 2.24) is 5.43 Å². The summed E-state index contributed by atoms with van der Waals surface area (Å²) in [6, 6.07) is 17.3. The quantitative estimate of drug-likeness (QED) is 0.454. The van der Waals surface area contributed by atoms with E-state index < -0.39 is 0 Å². The fourth-order valence-corrected chi connectivity index (χ4v) is 3.22. The second kappa shape index (κ2) is 8.26. The van der Waals surface area contributed by atoms with Crippen molar-refractivity contribution in [3.05, 3.63) is 76.9 Å². The van der Waals surface area contributed by atoms with Crippen LogP contribution in [0.2, 0.25) is 0 Å². The van der Waals surface area contributed by atoms with Gasteiger partial charge in [-0.1, -0.05) is 58.0 Å². The second-order valence-corrected chi connectivity index (χ2v) is 7.62. The van der Waals surface area contributed by atoms with Crippen LogP contribution in [0.15, 0.2) is 59.7 Å². The molecule has 0 bridgehead atoms. The molecule has 3 aromatic rings. The van der Waals surface area contributed by atoms with E-state index in [9.17, 15) is 9.90 Å². The Balaban J connectivity index is 1.80. The monoisotopic (exact) mass is 374 g/mol. The number of rotatable bonds is 5. The van der Waals surface area contributed by atoms with E-state index in [0.29, 0.717) is 11.3 Å². The Morgan fingerprint density at radius 2 is 1.54 bits per heavy atom. The number of amides is 1. The van der Waals surface area contributed by atoms with Crippen LogP contribution >= 0.6 is 0 Å². The molecule has 0 aromatic heterocycles. The van der Waals surface area contributed by atoms with Gasteiger partial charge in [0.15, 0.2) is 0 Å². The molecule has 3 aromatic carbocycles. The van der Waals surface area contributed by atoms with Crippen LogP contribution in [0.5, 0.6) is 5.75 Å². The van der Waals surface area contributed by atoms with Gasteiger partial charge in [0.1, 0.15) is 5.75 Å². The Kier molecular flexibility index (Phi) is 5.78. The predicted molar refractivity (Wildman–Crippen MR) is 115 cm³/mol. The maximum atomic E-state index is 12.4. The number of aromatic hydroxyl groups is 1. The summed E-state index contributed by atoms with van der Waals surface area (Å²) < 4.78 is 0. The van der Waals surface area contributed by atoms with Crippen LogP contribution in [-0.2, 0) is 0 Å². The summed E-state index contributed by atoms with van der Waals surface area (Å²) in [5.41, 5.74) is 5.77. The topological polar surface area (TPSA) is 61.7 Å². The molecule has 0 unspecified atom stereocenters. The van der Waals surface area contributed by atoms with E-state index in [4.69, 9.17) is 0 Å². The molecule has 0 saturated carbocycles.